The van der Waals surface area contributed by atoms with Crippen LogP contribution >= 0.6 is 23.4 Å². The Kier molecular flexibility index (Phi) is 5.95. The largest absolute Gasteiger partial charge is 0.278 e. The highest BCUT2D eigenvalue weighted by atomic mass is 35.5. The van der Waals surface area contributed by atoms with E-state index in [2.05, 4.69) is 50.6 Å². The molecule has 1 aromatic rings. The summed E-state index contributed by atoms with van der Waals surface area (Å²) in [6.45, 7) is 12.1. The summed E-state index contributed by atoms with van der Waals surface area (Å²) in [7, 11) is -1.41. The maximum atomic E-state index is 6.43. The lowest BCUT2D eigenvalue weighted by Gasteiger charge is -2.22. The molecule has 0 atom stereocenters. The molecule has 100 valence electrons. The Labute approximate surface area is 121 Å². The first-order chi connectivity index (χ1) is 8.41. The molecular formula is C14H22ClNSSi. The van der Waals surface area contributed by atoms with E-state index >= 15 is 0 Å². The summed E-state index contributed by atoms with van der Waals surface area (Å²) in [5, 5.41) is 3.34. The molecule has 0 unspecified atom stereocenters. The standard InChI is InChI=1S/C14H22ClNSSi/c1-6-16-14(17-7-2)13-11(15)9-8-10-12(13)18(3,4)5/h8-10H,6-7H2,1-5H3/b16-14+. The lowest BCUT2D eigenvalue weighted by atomic mass is 10.2. The first-order valence-electron chi connectivity index (χ1n) is 6.38. The number of aliphatic imine (C=N–C) groups is 1. The SMILES string of the molecule is CC/N=C(/SCC)c1c(Cl)cccc1[Si](C)(C)C. The van der Waals surface area contributed by atoms with Gasteiger partial charge in [0.1, 0.15) is 0 Å². The zero-order valence-corrected chi connectivity index (χ0v) is 14.5. The minimum atomic E-state index is -1.41. The van der Waals surface area contributed by atoms with Gasteiger partial charge in [-0.2, -0.15) is 0 Å². The van der Waals surface area contributed by atoms with Crippen molar-refractivity contribution in [1.82, 2.24) is 0 Å². The van der Waals surface area contributed by atoms with Crippen molar-refractivity contribution in [2.24, 2.45) is 4.99 Å². The molecule has 0 aliphatic rings. The quantitative estimate of drug-likeness (QED) is 0.456. The van der Waals surface area contributed by atoms with Crippen LogP contribution in [0.3, 0.4) is 0 Å². The van der Waals surface area contributed by atoms with Crippen LogP contribution in [0.5, 0.6) is 0 Å². The predicted molar refractivity (Wildman–Crippen MR) is 89.6 cm³/mol. The summed E-state index contributed by atoms with van der Waals surface area (Å²) in [4.78, 5) is 4.64. The molecule has 1 nitrogen and oxygen atoms in total. The van der Waals surface area contributed by atoms with Crippen molar-refractivity contribution >= 4 is 41.7 Å². The maximum absolute atomic E-state index is 6.43. The van der Waals surface area contributed by atoms with Crippen LogP contribution in [0.4, 0.5) is 0 Å². The van der Waals surface area contributed by atoms with E-state index in [1.165, 1.54) is 10.8 Å². The first-order valence-corrected chi connectivity index (χ1v) is 11.2. The van der Waals surface area contributed by atoms with Gasteiger partial charge in [-0.3, -0.25) is 4.99 Å². The molecule has 1 aromatic carbocycles. The molecule has 0 bridgehead atoms. The molecule has 0 aliphatic heterocycles. The van der Waals surface area contributed by atoms with Crippen molar-refractivity contribution in [3.8, 4) is 0 Å². The third-order valence-corrected chi connectivity index (χ3v) is 5.86. The molecule has 0 saturated heterocycles. The zero-order valence-electron chi connectivity index (χ0n) is 11.9. The van der Waals surface area contributed by atoms with Gasteiger partial charge < -0.3 is 0 Å². The van der Waals surface area contributed by atoms with E-state index in [1.807, 2.05) is 6.07 Å². The van der Waals surface area contributed by atoms with Crippen LogP contribution in [0.15, 0.2) is 23.2 Å². The molecule has 0 aromatic heterocycles. The van der Waals surface area contributed by atoms with Gasteiger partial charge in [0, 0.05) is 12.1 Å². The fourth-order valence-corrected chi connectivity index (χ4v) is 4.79. The molecule has 0 radical (unpaired) electrons. The fourth-order valence-electron chi connectivity index (χ4n) is 1.84. The van der Waals surface area contributed by atoms with Crippen LogP contribution in [-0.2, 0) is 0 Å². The number of thioether (sulfide) groups is 1. The van der Waals surface area contributed by atoms with Crippen LogP contribution in [0, 0.1) is 0 Å². The summed E-state index contributed by atoms with van der Waals surface area (Å²) in [5.74, 6) is 1.02. The van der Waals surface area contributed by atoms with Crippen molar-refractivity contribution in [3.63, 3.8) is 0 Å². The van der Waals surface area contributed by atoms with E-state index in [0.717, 1.165) is 22.4 Å². The normalized spacial score (nSPS) is 12.9. The molecule has 18 heavy (non-hydrogen) atoms. The van der Waals surface area contributed by atoms with Crippen molar-refractivity contribution in [2.75, 3.05) is 12.3 Å². The summed E-state index contributed by atoms with van der Waals surface area (Å²) >= 11 is 8.22. The van der Waals surface area contributed by atoms with Gasteiger partial charge in [-0.25, -0.2) is 0 Å². The van der Waals surface area contributed by atoms with Crippen LogP contribution in [0.25, 0.3) is 0 Å². The van der Waals surface area contributed by atoms with Gasteiger partial charge in [-0.15, -0.1) is 11.8 Å². The first kappa shape index (κ1) is 15.8. The lowest BCUT2D eigenvalue weighted by Crippen LogP contribution is -2.41. The number of nitrogens with zero attached hydrogens (tertiary/aromatic N) is 1. The van der Waals surface area contributed by atoms with Crippen molar-refractivity contribution in [2.45, 2.75) is 33.5 Å². The second-order valence-corrected chi connectivity index (χ2v) is 11.8. The number of rotatable bonds is 4. The van der Waals surface area contributed by atoms with E-state index in [0.29, 0.717) is 0 Å². The van der Waals surface area contributed by atoms with Gasteiger partial charge in [-0.05, 0) is 23.9 Å². The van der Waals surface area contributed by atoms with E-state index in [-0.39, 0.29) is 0 Å². The Morgan fingerprint density at radius 1 is 1.28 bits per heavy atom. The van der Waals surface area contributed by atoms with Gasteiger partial charge >= 0.3 is 0 Å². The summed E-state index contributed by atoms with van der Waals surface area (Å²) in [6, 6.07) is 6.25. The van der Waals surface area contributed by atoms with Crippen LogP contribution < -0.4 is 5.19 Å². The van der Waals surface area contributed by atoms with Crippen LogP contribution in [0.2, 0.25) is 24.7 Å². The summed E-state index contributed by atoms with van der Waals surface area (Å²) in [5.41, 5.74) is 1.17. The molecule has 4 heteroatoms. The van der Waals surface area contributed by atoms with Crippen LogP contribution in [-0.4, -0.2) is 25.4 Å². The molecule has 0 aliphatic carbocycles. The Balaban J connectivity index is 3.41. The minimum absolute atomic E-state index is 0.804. The van der Waals surface area contributed by atoms with Gasteiger partial charge in [-0.1, -0.05) is 50.3 Å². The zero-order chi connectivity index (χ0) is 13.8. The Morgan fingerprint density at radius 3 is 2.44 bits per heavy atom. The lowest BCUT2D eigenvalue weighted by molar-refractivity contribution is 1.14. The fraction of sp³-hybridized carbons (Fsp3) is 0.500. The second-order valence-electron chi connectivity index (χ2n) is 5.12. The van der Waals surface area contributed by atoms with Gasteiger partial charge in [0.05, 0.1) is 18.1 Å². The summed E-state index contributed by atoms with van der Waals surface area (Å²) < 4.78 is 0. The van der Waals surface area contributed by atoms with Crippen LogP contribution in [0.1, 0.15) is 19.4 Å². The third-order valence-electron chi connectivity index (χ3n) is 2.62. The molecule has 0 N–H and O–H groups in total. The third kappa shape index (κ3) is 3.87. The highest BCUT2D eigenvalue weighted by Gasteiger charge is 2.24. The second kappa shape index (κ2) is 6.78. The molecule has 0 saturated carbocycles. The highest BCUT2D eigenvalue weighted by molar-refractivity contribution is 8.14. The van der Waals surface area contributed by atoms with Gasteiger partial charge in [0.25, 0.3) is 0 Å². The molecule has 1 rings (SSSR count). The maximum Gasteiger partial charge on any atom is 0.0990 e. The molecule has 0 fully saturated rings. The number of hydrogen-bond acceptors (Lipinski definition) is 2. The monoisotopic (exact) mass is 299 g/mol. The van der Waals surface area contributed by atoms with Gasteiger partial charge in [0.2, 0.25) is 0 Å². The van der Waals surface area contributed by atoms with Gasteiger partial charge in [0.15, 0.2) is 0 Å². The summed E-state index contributed by atoms with van der Waals surface area (Å²) in [6.07, 6.45) is 0. The topological polar surface area (TPSA) is 12.4 Å². The molecular weight excluding hydrogens is 278 g/mol. The number of hydrogen-bond donors (Lipinski definition) is 0. The number of benzene rings is 1. The average Bonchev–Trinajstić information content (AvgIpc) is 2.27. The molecule has 0 heterocycles. The molecule has 0 amide bonds. The Bertz CT molecular complexity index is 438. The highest BCUT2D eigenvalue weighted by Crippen LogP contribution is 2.23. The van der Waals surface area contributed by atoms with Crippen molar-refractivity contribution < 1.29 is 0 Å². The smallest absolute Gasteiger partial charge is 0.0990 e. The molecule has 0 spiro atoms. The van der Waals surface area contributed by atoms with E-state index in [9.17, 15) is 0 Å². The predicted octanol–water partition coefficient (Wildman–Crippen LogP) is 4.40. The van der Waals surface area contributed by atoms with E-state index in [4.69, 9.17) is 11.6 Å². The average molecular weight is 300 g/mol. The minimum Gasteiger partial charge on any atom is -0.278 e. The van der Waals surface area contributed by atoms with Crippen molar-refractivity contribution in [3.05, 3.63) is 28.8 Å². The van der Waals surface area contributed by atoms with E-state index in [1.54, 1.807) is 11.8 Å². The van der Waals surface area contributed by atoms with E-state index < -0.39 is 8.07 Å². The Hall–Kier alpha value is -0.253. The van der Waals surface area contributed by atoms with Crippen molar-refractivity contribution in [1.29, 1.82) is 0 Å². The number of halogens is 1. The Morgan fingerprint density at radius 2 is 1.94 bits per heavy atom.